The number of carbonyl (C=O) groups excluding carboxylic acids is 2. The number of benzene rings is 1. The summed E-state index contributed by atoms with van der Waals surface area (Å²) in [6.45, 7) is 9.97. The van der Waals surface area contributed by atoms with E-state index < -0.39 is 12.1 Å². The molecule has 3 atom stereocenters. The van der Waals surface area contributed by atoms with Crippen molar-refractivity contribution < 1.29 is 14.7 Å². The fraction of sp³-hybridized carbons (Fsp3) is 0.619. The van der Waals surface area contributed by atoms with E-state index in [0.29, 0.717) is 12.1 Å². The van der Waals surface area contributed by atoms with Crippen LogP contribution in [0.15, 0.2) is 30.3 Å². The van der Waals surface area contributed by atoms with E-state index >= 15 is 0 Å². The summed E-state index contributed by atoms with van der Waals surface area (Å²) in [7, 11) is 3.59. The molecule has 0 aliphatic carbocycles. The van der Waals surface area contributed by atoms with Gasteiger partial charge in [0.15, 0.2) is 5.78 Å². The molecule has 5 heteroatoms. The van der Waals surface area contributed by atoms with Crippen molar-refractivity contribution in [2.75, 3.05) is 20.6 Å². The van der Waals surface area contributed by atoms with Gasteiger partial charge in [0.2, 0.25) is 0 Å². The SMILES string of the molecule is CC(C)C(=O)[C@H]([C@H](O)[C@H](C)CN(C)C(=O)c1ccccc1)N(C)C(C)C. The average Bonchev–Trinajstić information content (AvgIpc) is 2.61. The molecule has 0 aliphatic rings. The standard InChI is InChI=1S/C21H34N2O3/c1-14(2)19(24)18(23(7)15(3)4)20(25)16(5)13-22(6)21(26)17-11-9-8-10-12-17/h8-12,14-16,18,20,25H,13H2,1-7H3/t16-,18-,20-/m1/s1. The maximum absolute atomic E-state index is 12.7. The highest BCUT2D eigenvalue weighted by atomic mass is 16.3. The van der Waals surface area contributed by atoms with Gasteiger partial charge >= 0.3 is 0 Å². The van der Waals surface area contributed by atoms with Crippen LogP contribution in [0.3, 0.4) is 0 Å². The topological polar surface area (TPSA) is 60.9 Å². The Morgan fingerprint density at radius 2 is 1.54 bits per heavy atom. The number of aliphatic hydroxyl groups is 1. The van der Waals surface area contributed by atoms with Gasteiger partial charge in [0, 0.05) is 37.0 Å². The minimum Gasteiger partial charge on any atom is -0.391 e. The molecule has 0 unspecified atom stereocenters. The van der Waals surface area contributed by atoms with Crippen LogP contribution in [0.2, 0.25) is 0 Å². The Bertz CT molecular complexity index is 586. The predicted octanol–water partition coefficient (Wildman–Crippen LogP) is 2.69. The molecular formula is C21H34N2O3. The summed E-state index contributed by atoms with van der Waals surface area (Å²) in [5.74, 6) is -0.459. The third-order valence-electron chi connectivity index (χ3n) is 4.95. The third kappa shape index (κ3) is 5.64. The number of aliphatic hydroxyl groups excluding tert-OH is 1. The van der Waals surface area contributed by atoms with Gasteiger partial charge in [-0.2, -0.15) is 0 Å². The van der Waals surface area contributed by atoms with Crippen molar-refractivity contribution in [3.63, 3.8) is 0 Å². The number of Topliss-reactive ketones (excluding diaryl/α,β-unsaturated/α-hetero) is 1. The lowest BCUT2D eigenvalue weighted by molar-refractivity contribution is -0.133. The van der Waals surface area contributed by atoms with Crippen LogP contribution in [-0.2, 0) is 4.79 Å². The van der Waals surface area contributed by atoms with Gasteiger partial charge in [0.05, 0.1) is 12.1 Å². The molecule has 0 saturated heterocycles. The van der Waals surface area contributed by atoms with Crippen molar-refractivity contribution >= 4 is 11.7 Å². The van der Waals surface area contributed by atoms with E-state index in [0.717, 1.165) is 0 Å². The lowest BCUT2D eigenvalue weighted by Crippen LogP contribution is -2.54. The number of ketones is 1. The monoisotopic (exact) mass is 362 g/mol. The Hall–Kier alpha value is -1.72. The molecule has 1 aromatic carbocycles. The second kappa shape index (κ2) is 9.83. The van der Waals surface area contributed by atoms with Crippen LogP contribution in [0.1, 0.15) is 45.0 Å². The number of nitrogens with zero attached hydrogens (tertiary/aromatic N) is 2. The molecule has 0 bridgehead atoms. The lowest BCUT2D eigenvalue weighted by Gasteiger charge is -2.37. The summed E-state index contributed by atoms with van der Waals surface area (Å²) < 4.78 is 0. The molecule has 5 nitrogen and oxygen atoms in total. The van der Waals surface area contributed by atoms with E-state index in [1.54, 1.807) is 24.1 Å². The van der Waals surface area contributed by atoms with E-state index in [1.807, 2.05) is 64.8 Å². The molecule has 26 heavy (non-hydrogen) atoms. The molecule has 0 heterocycles. The van der Waals surface area contributed by atoms with Gasteiger partial charge in [-0.25, -0.2) is 0 Å². The van der Waals surface area contributed by atoms with Crippen LogP contribution in [0, 0.1) is 11.8 Å². The second-order valence-corrected chi connectivity index (χ2v) is 7.78. The van der Waals surface area contributed by atoms with Crippen LogP contribution in [0.4, 0.5) is 0 Å². The van der Waals surface area contributed by atoms with E-state index in [-0.39, 0.29) is 29.6 Å². The quantitative estimate of drug-likeness (QED) is 0.734. The van der Waals surface area contributed by atoms with Crippen molar-refractivity contribution in [3.05, 3.63) is 35.9 Å². The Balaban J connectivity index is 2.89. The molecule has 1 N–H and O–H groups in total. The summed E-state index contributed by atoms with van der Waals surface area (Å²) in [5, 5.41) is 10.9. The highest BCUT2D eigenvalue weighted by molar-refractivity contribution is 5.94. The average molecular weight is 363 g/mol. The van der Waals surface area contributed by atoms with Gasteiger partial charge in [-0.05, 0) is 33.0 Å². The predicted molar refractivity (Wildman–Crippen MR) is 105 cm³/mol. The number of rotatable bonds is 9. The number of likely N-dealkylation sites (N-methyl/N-ethyl adjacent to an activating group) is 1. The van der Waals surface area contributed by atoms with Crippen LogP contribution in [0.5, 0.6) is 0 Å². The van der Waals surface area contributed by atoms with Crippen LogP contribution < -0.4 is 0 Å². The summed E-state index contributed by atoms with van der Waals surface area (Å²) in [6, 6.07) is 8.63. The van der Waals surface area contributed by atoms with Crippen LogP contribution in [0.25, 0.3) is 0 Å². The van der Waals surface area contributed by atoms with E-state index in [9.17, 15) is 14.7 Å². The number of hydrogen-bond donors (Lipinski definition) is 1. The smallest absolute Gasteiger partial charge is 0.253 e. The van der Waals surface area contributed by atoms with E-state index in [1.165, 1.54) is 0 Å². The largest absolute Gasteiger partial charge is 0.391 e. The Morgan fingerprint density at radius 1 is 1.00 bits per heavy atom. The first-order valence-corrected chi connectivity index (χ1v) is 9.32. The van der Waals surface area contributed by atoms with Gasteiger partial charge in [-0.3, -0.25) is 14.5 Å². The summed E-state index contributed by atoms with van der Waals surface area (Å²) >= 11 is 0. The van der Waals surface area contributed by atoms with E-state index in [4.69, 9.17) is 0 Å². The molecule has 0 aromatic heterocycles. The zero-order valence-electron chi connectivity index (χ0n) is 17.1. The second-order valence-electron chi connectivity index (χ2n) is 7.78. The molecule has 0 fully saturated rings. The molecule has 0 aliphatic heterocycles. The first kappa shape index (κ1) is 22.3. The zero-order valence-corrected chi connectivity index (χ0v) is 17.1. The molecule has 1 rings (SSSR count). The molecular weight excluding hydrogens is 328 g/mol. The maximum Gasteiger partial charge on any atom is 0.253 e. The van der Waals surface area contributed by atoms with Gasteiger partial charge < -0.3 is 10.0 Å². The Labute approximate surface area is 158 Å². The van der Waals surface area contributed by atoms with Crippen LogP contribution >= 0.6 is 0 Å². The van der Waals surface area contributed by atoms with Gasteiger partial charge in [-0.15, -0.1) is 0 Å². The fourth-order valence-electron chi connectivity index (χ4n) is 3.01. The third-order valence-corrected chi connectivity index (χ3v) is 4.95. The molecule has 0 spiro atoms. The summed E-state index contributed by atoms with van der Waals surface area (Å²) in [6.07, 6.45) is -0.844. The Morgan fingerprint density at radius 3 is 2.00 bits per heavy atom. The van der Waals surface area contributed by atoms with Gasteiger partial charge in [-0.1, -0.05) is 39.0 Å². The van der Waals surface area contributed by atoms with Gasteiger partial charge in [0.1, 0.15) is 0 Å². The highest BCUT2D eigenvalue weighted by Crippen LogP contribution is 2.20. The zero-order chi connectivity index (χ0) is 20.0. The molecule has 0 saturated carbocycles. The van der Waals surface area contributed by atoms with Crippen molar-refractivity contribution in [2.45, 2.75) is 52.8 Å². The fourth-order valence-corrected chi connectivity index (χ4v) is 3.01. The number of hydrogen-bond acceptors (Lipinski definition) is 4. The maximum atomic E-state index is 12.7. The summed E-state index contributed by atoms with van der Waals surface area (Å²) in [4.78, 5) is 28.7. The minimum atomic E-state index is -0.844. The molecule has 0 radical (unpaired) electrons. The number of amides is 1. The van der Waals surface area contributed by atoms with Crippen LogP contribution in [-0.4, -0.2) is 65.4 Å². The van der Waals surface area contributed by atoms with Gasteiger partial charge in [0.25, 0.3) is 5.91 Å². The minimum absolute atomic E-state index is 0.0255. The van der Waals surface area contributed by atoms with Crippen molar-refractivity contribution in [1.29, 1.82) is 0 Å². The lowest BCUT2D eigenvalue weighted by atomic mass is 9.88. The molecule has 1 aromatic rings. The molecule has 146 valence electrons. The highest BCUT2D eigenvalue weighted by Gasteiger charge is 2.36. The summed E-state index contributed by atoms with van der Waals surface area (Å²) in [5.41, 5.74) is 0.616. The normalized spacial score (nSPS) is 15.2. The number of carbonyl (C=O) groups is 2. The first-order valence-electron chi connectivity index (χ1n) is 9.32. The van der Waals surface area contributed by atoms with Crippen molar-refractivity contribution in [1.82, 2.24) is 9.80 Å². The molecule has 1 amide bonds. The van der Waals surface area contributed by atoms with Crippen molar-refractivity contribution in [2.24, 2.45) is 11.8 Å². The van der Waals surface area contributed by atoms with Crippen molar-refractivity contribution in [3.8, 4) is 0 Å². The Kier molecular flexibility index (Phi) is 8.44. The first-order chi connectivity index (χ1) is 12.1. The van der Waals surface area contributed by atoms with E-state index in [2.05, 4.69) is 0 Å².